The molecule has 1 amide bonds. The molecule has 3 aromatic rings. The summed E-state index contributed by atoms with van der Waals surface area (Å²) in [5.41, 5.74) is 1.67. The van der Waals surface area contributed by atoms with E-state index in [9.17, 15) is 9.18 Å². The number of benzene rings is 2. The smallest absolute Gasteiger partial charge is 0.248 e. The molecule has 3 fully saturated rings. The Bertz CT molecular complexity index is 1380. The molecule has 3 aliphatic heterocycles. The van der Waals surface area contributed by atoms with Crippen LogP contribution in [0.15, 0.2) is 48.8 Å². The zero-order valence-electron chi connectivity index (χ0n) is 20.5. The summed E-state index contributed by atoms with van der Waals surface area (Å²) in [6.45, 7) is 3.46. The lowest BCUT2D eigenvalue weighted by Crippen LogP contribution is -2.36. The fourth-order valence-electron chi connectivity index (χ4n) is 5.05. The Kier molecular flexibility index (Phi) is 7.12. The summed E-state index contributed by atoms with van der Waals surface area (Å²) in [5.74, 6) is 0.198. The largest absolute Gasteiger partial charge is 0.486 e. The molecule has 2 N–H and O–H groups in total. The van der Waals surface area contributed by atoms with Gasteiger partial charge in [-0.25, -0.2) is 14.4 Å². The summed E-state index contributed by atoms with van der Waals surface area (Å²) in [4.78, 5) is 24.0. The third-order valence-corrected chi connectivity index (χ3v) is 7.27. The van der Waals surface area contributed by atoms with E-state index in [0.29, 0.717) is 65.7 Å². The van der Waals surface area contributed by atoms with Crippen molar-refractivity contribution in [2.45, 2.75) is 31.1 Å². The first-order valence-corrected chi connectivity index (χ1v) is 13.0. The van der Waals surface area contributed by atoms with Crippen LogP contribution in [0.2, 0.25) is 5.02 Å². The number of nitrogens with zero attached hydrogens (tertiary/aromatic N) is 3. The summed E-state index contributed by atoms with van der Waals surface area (Å²) in [7, 11) is 0. The zero-order valence-corrected chi connectivity index (χ0v) is 21.3. The molecule has 6 rings (SSSR count). The van der Waals surface area contributed by atoms with E-state index in [1.807, 2.05) is 6.08 Å². The highest BCUT2D eigenvalue weighted by molar-refractivity contribution is 6.31. The van der Waals surface area contributed by atoms with E-state index in [-0.39, 0.29) is 17.0 Å². The molecule has 11 heteroatoms. The summed E-state index contributed by atoms with van der Waals surface area (Å²) in [6.07, 6.45) is 6.86. The fraction of sp³-hybridized carbons (Fsp3) is 0.370. The molecule has 3 aliphatic rings. The van der Waals surface area contributed by atoms with E-state index in [1.165, 1.54) is 18.5 Å². The van der Waals surface area contributed by atoms with Crippen molar-refractivity contribution in [1.29, 1.82) is 0 Å². The van der Waals surface area contributed by atoms with Gasteiger partial charge in [0.2, 0.25) is 5.91 Å². The maximum absolute atomic E-state index is 13.6. The zero-order chi connectivity index (χ0) is 26.1. The number of halogens is 2. The molecule has 38 heavy (non-hydrogen) atoms. The second kappa shape index (κ2) is 10.8. The topological polar surface area (TPSA) is 97.8 Å². The lowest BCUT2D eigenvalue weighted by atomic mass is 10.1. The Balaban J connectivity index is 1.25. The van der Waals surface area contributed by atoms with Gasteiger partial charge in [-0.2, -0.15) is 0 Å². The third-order valence-electron chi connectivity index (χ3n) is 6.98. The molecular formula is C27H27ClFN5O4. The van der Waals surface area contributed by atoms with Gasteiger partial charge in [-0.3, -0.25) is 9.69 Å². The lowest BCUT2D eigenvalue weighted by molar-refractivity contribution is -0.111. The van der Waals surface area contributed by atoms with E-state index in [0.717, 1.165) is 26.0 Å². The van der Waals surface area contributed by atoms with Crippen LogP contribution in [0.3, 0.4) is 0 Å². The Morgan fingerprint density at radius 2 is 2.18 bits per heavy atom. The predicted octanol–water partition coefficient (Wildman–Crippen LogP) is 4.30. The van der Waals surface area contributed by atoms with Crippen LogP contribution >= 0.6 is 11.6 Å². The van der Waals surface area contributed by atoms with Gasteiger partial charge >= 0.3 is 0 Å². The van der Waals surface area contributed by atoms with Crippen molar-refractivity contribution in [2.75, 3.05) is 43.5 Å². The SMILES string of the molecule is O=C(/C=C/CN1CC2CC1CO2)Nc1cc2c(Nc3ccc(F)c(Cl)c3)ncnc2cc1O[C@H]1CCOC1. The number of amides is 1. The second-order valence-electron chi connectivity index (χ2n) is 9.64. The number of ether oxygens (including phenoxy) is 3. The van der Waals surface area contributed by atoms with Crippen LogP contribution in [-0.4, -0.2) is 71.9 Å². The molecule has 2 bridgehead atoms. The summed E-state index contributed by atoms with van der Waals surface area (Å²) < 4.78 is 30.9. The molecule has 3 atom stereocenters. The van der Waals surface area contributed by atoms with Crippen LogP contribution in [0, 0.1) is 5.82 Å². The van der Waals surface area contributed by atoms with Gasteiger partial charge in [-0.05, 0) is 30.7 Å². The standard InChI is InChI=1S/C27H27ClFN5O4/c28-21-8-16(3-4-22(21)29)32-27-20-10-24(25(11-23(20)30-15-31-27)38-18-5-7-36-14-18)33-26(35)2-1-6-34-12-19-9-17(34)13-37-19/h1-4,8,10-11,15,17-19H,5-7,9,12-14H2,(H,33,35)(H,30,31,32)/b2-1+/t17?,18-,19?/m0/s1. The number of carbonyl (C=O) groups is 1. The van der Waals surface area contributed by atoms with Crippen LogP contribution in [0.4, 0.5) is 21.6 Å². The maximum atomic E-state index is 13.6. The monoisotopic (exact) mass is 539 g/mol. The molecule has 0 saturated carbocycles. The molecule has 2 unspecified atom stereocenters. The first-order chi connectivity index (χ1) is 18.5. The van der Waals surface area contributed by atoms with Gasteiger partial charge in [-0.1, -0.05) is 17.7 Å². The normalized spacial score (nSPS) is 22.9. The summed E-state index contributed by atoms with van der Waals surface area (Å²) in [5, 5.41) is 6.76. The molecule has 2 aromatic carbocycles. The molecule has 198 valence electrons. The summed E-state index contributed by atoms with van der Waals surface area (Å²) in [6, 6.07) is 8.31. The van der Waals surface area contributed by atoms with E-state index >= 15 is 0 Å². The molecule has 4 heterocycles. The van der Waals surface area contributed by atoms with E-state index in [2.05, 4.69) is 25.5 Å². The van der Waals surface area contributed by atoms with E-state index in [4.69, 9.17) is 25.8 Å². The van der Waals surface area contributed by atoms with Crippen molar-refractivity contribution < 1.29 is 23.4 Å². The van der Waals surface area contributed by atoms with Crippen LogP contribution in [-0.2, 0) is 14.3 Å². The fourth-order valence-corrected chi connectivity index (χ4v) is 5.23. The molecule has 9 nitrogen and oxygen atoms in total. The molecule has 0 spiro atoms. The minimum Gasteiger partial charge on any atom is -0.486 e. The Hall–Kier alpha value is -3.31. The average molecular weight is 540 g/mol. The van der Waals surface area contributed by atoms with Crippen molar-refractivity contribution in [3.63, 3.8) is 0 Å². The van der Waals surface area contributed by atoms with E-state index < -0.39 is 5.82 Å². The molecule has 3 saturated heterocycles. The van der Waals surface area contributed by atoms with Crippen LogP contribution in [0.25, 0.3) is 10.9 Å². The quantitative estimate of drug-likeness (QED) is 0.409. The molecule has 1 aromatic heterocycles. The highest BCUT2D eigenvalue weighted by Crippen LogP contribution is 2.35. The van der Waals surface area contributed by atoms with Crippen molar-refractivity contribution in [2.24, 2.45) is 0 Å². The Morgan fingerprint density at radius 3 is 2.95 bits per heavy atom. The number of hydrogen-bond acceptors (Lipinski definition) is 8. The number of likely N-dealkylation sites (tertiary alicyclic amines) is 1. The predicted molar refractivity (Wildman–Crippen MR) is 142 cm³/mol. The minimum absolute atomic E-state index is 0.00291. The molecular weight excluding hydrogens is 513 g/mol. The third kappa shape index (κ3) is 5.44. The number of hydrogen-bond donors (Lipinski definition) is 2. The number of aromatic nitrogens is 2. The number of nitrogens with one attached hydrogen (secondary N) is 2. The number of anilines is 3. The van der Waals surface area contributed by atoms with Crippen molar-refractivity contribution in [1.82, 2.24) is 14.9 Å². The highest BCUT2D eigenvalue weighted by atomic mass is 35.5. The van der Waals surface area contributed by atoms with Crippen LogP contribution in [0.5, 0.6) is 5.75 Å². The first-order valence-electron chi connectivity index (χ1n) is 12.6. The van der Waals surface area contributed by atoms with Gasteiger partial charge in [0.05, 0.1) is 42.2 Å². The average Bonchev–Trinajstić information content (AvgIpc) is 3.66. The molecule has 0 radical (unpaired) electrons. The van der Waals surface area contributed by atoms with Crippen molar-refractivity contribution in [3.05, 3.63) is 59.7 Å². The lowest BCUT2D eigenvalue weighted by Gasteiger charge is -2.25. The van der Waals surface area contributed by atoms with Gasteiger partial charge in [0, 0.05) is 48.8 Å². The first kappa shape index (κ1) is 25.0. The number of rotatable bonds is 8. The van der Waals surface area contributed by atoms with Gasteiger partial charge in [-0.15, -0.1) is 0 Å². The van der Waals surface area contributed by atoms with Gasteiger partial charge in [0.25, 0.3) is 0 Å². The van der Waals surface area contributed by atoms with Gasteiger partial charge in [0.15, 0.2) is 0 Å². The number of morpholine rings is 1. The van der Waals surface area contributed by atoms with Crippen molar-refractivity contribution >= 4 is 45.6 Å². The number of fused-ring (bicyclic) bond motifs is 3. The maximum Gasteiger partial charge on any atom is 0.248 e. The van der Waals surface area contributed by atoms with Crippen LogP contribution in [0.1, 0.15) is 12.8 Å². The van der Waals surface area contributed by atoms with E-state index in [1.54, 1.807) is 24.3 Å². The van der Waals surface area contributed by atoms with Gasteiger partial charge < -0.3 is 24.8 Å². The van der Waals surface area contributed by atoms with Crippen molar-refractivity contribution in [3.8, 4) is 5.75 Å². The second-order valence-corrected chi connectivity index (χ2v) is 10.0. The van der Waals surface area contributed by atoms with Crippen LogP contribution < -0.4 is 15.4 Å². The number of carbonyl (C=O) groups excluding carboxylic acids is 1. The molecule has 0 aliphatic carbocycles. The Morgan fingerprint density at radius 1 is 1.26 bits per heavy atom. The minimum atomic E-state index is -0.508. The van der Waals surface area contributed by atoms with Gasteiger partial charge in [0.1, 0.15) is 29.8 Å². The highest BCUT2D eigenvalue weighted by Gasteiger charge is 2.38. The summed E-state index contributed by atoms with van der Waals surface area (Å²) >= 11 is 5.95. The Labute approximate surface area is 223 Å².